The molecule has 8 aromatic rings. The first-order valence-electron chi connectivity index (χ1n) is 25.3. The van der Waals surface area contributed by atoms with Gasteiger partial charge in [-0.1, -0.05) is 153 Å². The molecule has 3 atom stereocenters. The fourth-order valence-corrected chi connectivity index (χ4v) is 10.7. The molecule has 0 N–H and O–H groups in total. The van der Waals surface area contributed by atoms with Crippen molar-refractivity contribution in [3.05, 3.63) is 286 Å². The molecule has 8 nitrogen and oxygen atoms in total. The van der Waals surface area contributed by atoms with Gasteiger partial charge < -0.3 is 9.80 Å². The molecule has 0 spiro atoms. The maximum atomic E-state index is 13.9. The number of anilines is 3. The lowest BCUT2D eigenvalue weighted by Crippen LogP contribution is -2.28. The minimum Gasteiger partial charge on any atom is -0.315 e. The summed E-state index contributed by atoms with van der Waals surface area (Å²) in [5, 5.41) is 11.7. The molecule has 8 heteroatoms. The van der Waals surface area contributed by atoms with Crippen LogP contribution in [0.2, 0.25) is 0 Å². The molecule has 3 aliphatic rings. The van der Waals surface area contributed by atoms with Crippen LogP contribution in [0.25, 0.3) is 17.0 Å². The van der Waals surface area contributed by atoms with Gasteiger partial charge in [0.15, 0.2) is 29.3 Å². The average molecular weight is 977 g/mol. The lowest BCUT2D eigenvalue weighted by Gasteiger charge is -2.34. The van der Waals surface area contributed by atoms with Crippen molar-refractivity contribution in [2.24, 2.45) is 17.3 Å². The summed E-state index contributed by atoms with van der Waals surface area (Å²) in [7, 11) is 0. The van der Waals surface area contributed by atoms with Gasteiger partial charge in [-0.05, 0) is 117 Å². The van der Waals surface area contributed by atoms with Crippen LogP contribution in [-0.4, -0.2) is 27.7 Å². The quantitative estimate of drug-likeness (QED) is 0.1000. The van der Waals surface area contributed by atoms with Crippen LogP contribution in [0, 0.1) is 28.7 Å². The SMILES string of the molecule is CC1C=C(N(C2=Cc3c(n(C#N)c4ccc(N(C5=CCC(C)(C(=O)c6ccccc6)C=C5)c5ccc(C(=O)c6ccccc6)cc5)cc34)CC2)c2ccc(C(=O)c3ccccc3)cc2)C=CC1C(=O)c1ccccc1. The number of allylic oxidation sites excluding steroid dienone is 7. The van der Waals surface area contributed by atoms with Gasteiger partial charge in [-0.25, -0.2) is 0 Å². The highest BCUT2D eigenvalue weighted by molar-refractivity contribution is 6.10. The van der Waals surface area contributed by atoms with Crippen LogP contribution in [0.3, 0.4) is 0 Å². The maximum Gasteiger partial charge on any atom is 0.193 e. The molecule has 1 heterocycles. The molecule has 3 unspecified atom stereocenters. The smallest absolute Gasteiger partial charge is 0.193 e. The molecule has 0 radical (unpaired) electrons. The van der Waals surface area contributed by atoms with Crippen molar-refractivity contribution < 1.29 is 19.2 Å². The Labute approximate surface area is 436 Å². The van der Waals surface area contributed by atoms with Crippen LogP contribution in [0.15, 0.2) is 242 Å². The van der Waals surface area contributed by atoms with Crippen molar-refractivity contribution in [1.82, 2.24) is 4.57 Å². The number of Topliss-reactive ketones (excluding diaryl/α,β-unsaturated/α-hetero) is 2. The lowest BCUT2D eigenvalue weighted by atomic mass is 9.76. The molecule has 75 heavy (non-hydrogen) atoms. The number of carbonyl (C=O) groups is 4. The largest absolute Gasteiger partial charge is 0.315 e. The third kappa shape index (κ3) is 9.21. The zero-order chi connectivity index (χ0) is 51.6. The zero-order valence-corrected chi connectivity index (χ0v) is 41.6. The fourth-order valence-electron chi connectivity index (χ4n) is 10.7. The molecular formula is C67H52N4O4. The molecule has 1 aromatic heterocycles. The van der Waals surface area contributed by atoms with E-state index in [1.807, 2.05) is 213 Å². The van der Waals surface area contributed by atoms with Crippen molar-refractivity contribution in [1.29, 1.82) is 5.26 Å². The van der Waals surface area contributed by atoms with Crippen molar-refractivity contribution in [2.75, 3.05) is 9.80 Å². The highest BCUT2D eigenvalue weighted by Crippen LogP contribution is 2.43. The van der Waals surface area contributed by atoms with E-state index >= 15 is 0 Å². The first kappa shape index (κ1) is 47.9. The van der Waals surface area contributed by atoms with Crippen LogP contribution in [-0.2, 0) is 6.42 Å². The number of ketones is 4. The van der Waals surface area contributed by atoms with Gasteiger partial charge in [0.1, 0.15) is 0 Å². The molecule has 0 fully saturated rings. The molecule has 0 amide bonds. The van der Waals surface area contributed by atoms with E-state index in [-0.39, 0.29) is 35.0 Å². The number of carbonyl (C=O) groups excluding carboxylic acids is 4. The van der Waals surface area contributed by atoms with Gasteiger partial charge in [-0.2, -0.15) is 5.26 Å². The predicted molar refractivity (Wildman–Crippen MR) is 298 cm³/mol. The molecule has 0 saturated heterocycles. The van der Waals surface area contributed by atoms with Crippen molar-refractivity contribution in [3.63, 3.8) is 0 Å². The molecule has 3 aliphatic carbocycles. The number of fused-ring (bicyclic) bond motifs is 3. The van der Waals surface area contributed by atoms with Gasteiger partial charge in [-0.3, -0.25) is 23.7 Å². The molecule has 11 rings (SSSR count). The number of nitrogens with zero attached hydrogens (tertiary/aromatic N) is 4. The van der Waals surface area contributed by atoms with Crippen LogP contribution < -0.4 is 9.80 Å². The van der Waals surface area contributed by atoms with E-state index in [4.69, 9.17) is 0 Å². The molecule has 0 bridgehead atoms. The Balaban J connectivity index is 1.00. The number of hydrogen-bond donors (Lipinski definition) is 0. The second-order valence-corrected chi connectivity index (χ2v) is 19.6. The molecule has 364 valence electrons. The maximum absolute atomic E-state index is 13.9. The Morgan fingerprint density at radius 1 is 0.587 bits per heavy atom. The van der Waals surface area contributed by atoms with Crippen LogP contribution in [0.4, 0.5) is 17.1 Å². The summed E-state index contributed by atoms with van der Waals surface area (Å²) in [6.07, 6.45) is 18.6. The number of benzene rings is 7. The van der Waals surface area contributed by atoms with E-state index in [2.05, 4.69) is 47.2 Å². The fraction of sp³-hybridized carbons (Fsp3) is 0.119. The Bertz CT molecular complexity index is 3730. The van der Waals surface area contributed by atoms with E-state index < -0.39 is 5.41 Å². The first-order valence-corrected chi connectivity index (χ1v) is 25.3. The Morgan fingerprint density at radius 3 is 1.64 bits per heavy atom. The van der Waals surface area contributed by atoms with Gasteiger partial charge >= 0.3 is 0 Å². The highest BCUT2D eigenvalue weighted by atomic mass is 16.1. The number of hydrogen-bond acceptors (Lipinski definition) is 7. The Hall–Kier alpha value is -9.45. The Morgan fingerprint density at radius 2 is 1.11 bits per heavy atom. The lowest BCUT2D eigenvalue weighted by molar-refractivity contribution is 0.0868. The van der Waals surface area contributed by atoms with Gasteiger partial charge in [0.05, 0.1) is 10.9 Å². The number of rotatable bonds is 14. The van der Waals surface area contributed by atoms with Crippen LogP contribution in [0.1, 0.15) is 90.5 Å². The van der Waals surface area contributed by atoms with Gasteiger partial charge in [0, 0.05) is 90.1 Å². The molecular weight excluding hydrogens is 925 g/mol. The molecule has 7 aromatic carbocycles. The third-order valence-corrected chi connectivity index (χ3v) is 14.8. The van der Waals surface area contributed by atoms with Crippen LogP contribution in [0.5, 0.6) is 0 Å². The van der Waals surface area contributed by atoms with E-state index in [0.717, 1.165) is 56.3 Å². The number of nitriles is 1. The summed E-state index contributed by atoms with van der Waals surface area (Å²) in [4.78, 5) is 59.3. The predicted octanol–water partition coefficient (Wildman–Crippen LogP) is 14.7. The Kier molecular flexibility index (Phi) is 12.9. The summed E-state index contributed by atoms with van der Waals surface area (Å²) >= 11 is 0. The summed E-state index contributed by atoms with van der Waals surface area (Å²) in [5.74, 6) is -0.517. The minimum absolute atomic E-state index is 0.0403. The molecule has 0 saturated carbocycles. The second kappa shape index (κ2) is 20.2. The van der Waals surface area contributed by atoms with Crippen molar-refractivity contribution in [2.45, 2.75) is 33.1 Å². The minimum atomic E-state index is -0.764. The third-order valence-electron chi connectivity index (χ3n) is 14.8. The first-order chi connectivity index (χ1) is 36.6. The van der Waals surface area contributed by atoms with Crippen molar-refractivity contribution in [3.8, 4) is 6.19 Å². The topological polar surface area (TPSA) is 103 Å². The van der Waals surface area contributed by atoms with E-state index in [1.54, 1.807) is 4.57 Å². The summed E-state index contributed by atoms with van der Waals surface area (Å²) < 4.78 is 1.73. The van der Waals surface area contributed by atoms with E-state index in [0.29, 0.717) is 52.6 Å². The summed E-state index contributed by atoms with van der Waals surface area (Å²) in [5.41, 5.74) is 10.7. The van der Waals surface area contributed by atoms with Crippen molar-refractivity contribution >= 4 is 57.2 Å². The monoisotopic (exact) mass is 976 g/mol. The molecule has 0 aliphatic heterocycles. The highest BCUT2D eigenvalue weighted by Gasteiger charge is 2.34. The van der Waals surface area contributed by atoms with Gasteiger partial charge in [0.25, 0.3) is 0 Å². The standard InChI is InChI=1S/C67H52N4O4/c1-45-41-55(31-34-58(45)65(74)48-19-11-5-12-20-48)71(53-29-25-50(26-30-53)64(73)47-17-9-4-10-18-47)57-33-36-62-60(43-57)59-42-56(32-35-61(59)69(62)44-68)70(52-27-23-49(24-28-52)63(72)46-15-7-3-8-16-46)54-37-39-67(2,40-38-54)66(75)51-21-13-6-14-22-51/h3-32,34-35,37-39,41-43,45,58H,33,36,40H2,1-2H3. The normalized spacial score (nSPS) is 17.7. The summed E-state index contributed by atoms with van der Waals surface area (Å²) in [6.45, 7) is 4.04. The van der Waals surface area contributed by atoms with Gasteiger partial charge in [-0.15, -0.1) is 0 Å². The van der Waals surface area contributed by atoms with Gasteiger partial charge in [0.2, 0.25) is 0 Å². The van der Waals surface area contributed by atoms with E-state index in [9.17, 15) is 24.4 Å². The zero-order valence-electron chi connectivity index (χ0n) is 41.6. The van der Waals surface area contributed by atoms with Crippen LogP contribution >= 0.6 is 0 Å². The average Bonchev–Trinajstić information content (AvgIpc) is 3.79. The summed E-state index contributed by atoms with van der Waals surface area (Å²) in [6, 6.07) is 58.7. The second-order valence-electron chi connectivity index (χ2n) is 19.6. The van der Waals surface area contributed by atoms with E-state index in [1.165, 1.54) is 0 Å². The number of aromatic nitrogens is 1.